The first-order valence-electron chi connectivity index (χ1n) is 6.48. The lowest BCUT2D eigenvalue weighted by Gasteiger charge is -2.29. The minimum atomic E-state index is -0.734. The lowest BCUT2D eigenvalue weighted by Crippen LogP contribution is -2.39. The smallest absolute Gasteiger partial charge is 0.332 e. The Morgan fingerprint density at radius 2 is 1.95 bits per heavy atom. The summed E-state index contributed by atoms with van der Waals surface area (Å²) in [5.41, 5.74) is 5.36. The normalized spacial score (nSPS) is 15.8. The molecular formula is C14H15N5O2. The number of nitrogens with one attached hydrogen (secondary N) is 2. The molecule has 1 amide bonds. The number of carbonyl (C=O) groups is 1. The summed E-state index contributed by atoms with van der Waals surface area (Å²) in [6.45, 7) is 3.59. The van der Waals surface area contributed by atoms with E-state index in [4.69, 9.17) is 5.73 Å². The number of aliphatic imine (C=N–C) groups is 1. The van der Waals surface area contributed by atoms with Crippen LogP contribution in [0.1, 0.15) is 19.5 Å². The van der Waals surface area contributed by atoms with E-state index in [-0.39, 0.29) is 11.4 Å². The molecule has 21 heavy (non-hydrogen) atoms. The van der Waals surface area contributed by atoms with Crippen molar-refractivity contribution in [1.29, 1.82) is 0 Å². The van der Waals surface area contributed by atoms with Crippen LogP contribution in [0.3, 0.4) is 0 Å². The molecule has 1 aromatic carbocycles. The summed E-state index contributed by atoms with van der Waals surface area (Å²) in [6.07, 6.45) is 0. The Balaban J connectivity index is 2.28. The number of fused-ring (bicyclic) bond motifs is 1. The average Bonchev–Trinajstić information content (AvgIpc) is 2.73. The zero-order chi connectivity index (χ0) is 15.2. The van der Waals surface area contributed by atoms with E-state index in [1.54, 1.807) is 26.0 Å². The number of nitrogens with two attached hydrogens (primary N) is 1. The van der Waals surface area contributed by atoms with E-state index in [0.717, 1.165) is 0 Å². The van der Waals surface area contributed by atoms with Crippen LogP contribution in [0.5, 0.6) is 0 Å². The van der Waals surface area contributed by atoms with Crippen LogP contribution in [0, 0.1) is 0 Å². The van der Waals surface area contributed by atoms with Gasteiger partial charge in [-0.25, -0.2) is 9.36 Å². The van der Waals surface area contributed by atoms with Crippen molar-refractivity contribution in [3.8, 4) is 5.69 Å². The highest BCUT2D eigenvalue weighted by Gasteiger charge is 2.33. The third-order valence-corrected chi connectivity index (χ3v) is 3.20. The Hall–Kier alpha value is -2.83. The number of benzene rings is 1. The second-order valence-electron chi connectivity index (χ2n) is 5.33. The molecule has 0 saturated carbocycles. The Labute approximate surface area is 120 Å². The van der Waals surface area contributed by atoms with Gasteiger partial charge in [0, 0.05) is 0 Å². The first-order chi connectivity index (χ1) is 9.89. The number of anilines is 1. The van der Waals surface area contributed by atoms with E-state index < -0.39 is 11.6 Å². The molecule has 0 aliphatic carbocycles. The van der Waals surface area contributed by atoms with Gasteiger partial charge in [0.1, 0.15) is 17.2 Å². The number of para-hydroxylation sites is 1. The van der Waals surface area contributed by atoms with Crippen LogP contribution < -0.4 is 16.7 Å². The van der Waals surface area contributed by atoms with Crippen molar-refractivity contribution in [3.63, 3.8) is 0 Å². The van der Waals surface area contributed by atoms with E-state index in [1.807, 2.05) is 18.2 Å². The molecule has 0 fully saturated rings. The molecule has 7 heteroatoms. The number of H-pyrrole nitrogens is 1. The third kappa shape index (κ3) is 2.12. The molecule has 0 spiro atoms. The van der Waals surface area contributed by atoms with E-state index in [1.165, 1.54) is 4.57 Å². The molecule has 1 aliphatic rings. The van der Waals surface area contributed by atoms with Gasteiger partial charge in [-0.1, -0.05) is 18.2 Å². The first kappa shape index (κ1) is 13.2. The predicted molar refractivity (Wildman–Crippen MR) is 79.8 cm³/mol. The number of rotatable bonds is 2. The standard InChI is InChI=1S/C14H15N5O2/c1-14(2)17-9(11(15)20)10-12(18-14)19(13(21)16-10)8-6-4-3-5-7-8/h3-7,18H,1-2H3,(H2,15,20)(H,16,21). The Kier molecular flexibility index (Phi) is 2.72. The number of amides is 1. The van der Waals surface area contributed by atoms with Crippen molar-refractivity contribution in [2.24, 2.45) is 10.7 Å². The van der Waals surface area contributed by atoms with Gasteiger partial charge in [0.15, 0.2) is 5.71 Å². The van der Waals surface area contributed by atoms with Crippen molar-refractivity contribution in [1.82, 2.24) is 9.55 Å². The van der Waals surface area contributed by atoms with Crippen molar-refractivity contribution in [2.75, 3.05) is 5.32 Å². The van der Waals surface area contributed by atoms with Crippen LogP contribution in [-0.4, -0.2) is 26.8 Å². The van der Waals surface area contributed by atoms with Crippen molar-refractivity contribution in [2.45, 2.75) is 19.5 Å². The van der Waals surface area contributed by atoms with Crippen LogP contribution in [0.15, 0.2) is 40.1 Å². The Morgan fingerprint density at radius 3 is 2.57 bits per heavy atom. The van der Waals surface area contributed by atoms with Gasteiger partial charge in [0.25, 0.3) is 5.91 Å². The summed E-state index contributed by atoms with van der Waals surface area (Å²) in [5, 5.41) is 3.15. The molecule has 0 unspecified atom stereocenters. The number of hydrogen-bond acceptors (Lipinski definition) is 4. The average molecular weight is 285 g/mol. The molecule has 7 nitrogen and oxygen atoms in total. The van der Waals surface area contributed by atoms with Crippen molar-refractivity contribution < 1.29 is 4.79 Å². The molecule has 108 valence electrons. The summed E-state index contributed by atoms with van der Waals surface area (Å²) >= 11 is 0. The highest BCUT2D eigenvalue weighted by molar-refractivity contribution is 6.45. The number of nitrogens with zero attached hydrogens (tertiary/aromatic N) is 2. The number of imidazole rings is 1. The van der Waals surface area contributed by atoms with Gasteiger partial charge in [0.2, 0.25) is 0 Å². The lowest BCUT2D eigenvalue weighted by molar-refractivity contribution is -0.112. The number of hydrogen-bond donors (Lipinski definition) is 3. The fraction of sp³-hybridized carbons (Fsp3) is 0.214. The second kappa shape index (κ2) is 4.34. The van der Waals surface area contributed by atoms with Gasteiger partial charge in [-0.15, -0.1) is 0 Å². The molecule has 0 bridgehead atoms. The molecular weight excluding hydrogens is 270 g/mol. The van der Waals surface area contributed by atoms with Gasteiger partial charge >= 0.3 is 5.69 Å². The Bertz CT molecular complexity index is 799. The molecule has 0 saturated heterocycles. The number of aromatic amines is 1. The van der Waals surface area contributed by atoms with Crippen LogP contribution in [-0.2, 0) is 4.79 Å². The second-order valence-corrected chi connectivity index (χ2v) is 5.33. The van der Waals surface area contributed by atoms with E-state index in [9.17, 15) is 9.59 Å². The first-order valence-corrected chi connectivity index (χ1v) is 6.48. The minimum Gasteiger partial charge on any atom is -0.364 e. The maximum absolute atomic E-state index is 12.2. The van der Waals surface area contributed by atoms with Crippen LogP contribution >= 0.6 is 0 Å². The Morgan fingerprint density at radius 1 is 1.29 bits per heavy atom. The van der Waals surface area contributed by atoms with E-state index in [0.29, 0.717) is 17.2 Å². The quantitative estimate of drug-likeness (QED) is 0.752. The number of aromatic nitrogens is 2. The van der Waals surface area contributed by atoms with Crippen LogP contribution in [0.4, 0.5) is 5.82 Å². The number of carbonyl (C=O) groups excluding carboxylic acids is 1. The molecule has 1 aromatic heterocycles. The summed E-state index contributed by atoms with van der Waals surface area (Å²) in [6, 6.07) is 9.14. The highest BCUT2D eigenvalue weighted by atomic mass is 16.2. The fourth-order valence-corrected chi connectivity index (χ4v) is 2.38. The molecule has 2 heterocycles. The maximum atomic E-state index is 12.2. The van der Waals surface area contributed by atoms with Gasteiger partial charge in [-0.2, -0.15) is 0 Å². The minimum absolute atomic E-state index is 0.0699. The zero-order valence-corrected chi connectivity index (χ0v) is 11.7. The molecule has 0 atom stereocenters. The molecule has 1 aliphatic heterocycles. The topological polar surface area (TPSA) is 105 Å². The van der Waals surface area contributed by atoms with E-state index >= 15 is 0 Å². The summed E-state index contributed by atoms with van der Waals surface area (Å²) in [5.74, 6) is -0.188. The van der Waals surface area contributed by atoms with Crippen molar-refractivity contribution >= 4 is 17.4 Å². The predicted octanol–water partition coefficient (Wildman–Crippen LogP) is 0.602. The summed E-state index contributed by atoms with van der Waals surface area (Å²) in [7, 11) is 0. The zero-order valence-electron chi connectivity index (χ0n) is 11.7. The maximum Gasteiger partial charge on any atom is 0.332 e. The molecule has 3 rings (SSSR count). The summed E-state index contributed by atoms with van der Waals surface area (Å²) in [4.78, 5) is 30.7. The van der Waals surface area contributed by atoms with Crippen molar-refractivity contribution in [3.05, 3.63) is 46.5 Å². The van der Waals surface area contributed by atoms with Gasteiger partial charge < -0.3 is 16.0 Å². The van der Waals surface area contributed by atoms with E-state index in [2.05, 4.69) is 15.3 Å². The number of primary amides is 1. The lowest BCUT2D eigenvalue weighted by atomic mass is 10.1. The fourth-order valence-electron chi connectivity index (χ4n) is 2.38. The SMILES string of the molecule is CC1(C)N=C(C(N)=O)c2[nH]c(=O)n(-c3ccccc3)c2N1. The third-order valence-electron chi connectivity index (χ3n) is 3.20. The van der Waals surface area contributed by atoms with Gasteiger partial charge in [-0.05, 0) is 26.0 Å². The van der Waals surface area contributed by atoms with Crippen LogP contribution in [0.25, 0.3) is 5.69 Å². The monoisotopic (exact) mass is 285 g/mol. The molecule has 2 aromatic rings. The largest absolute Gasteiger partial charge is 0.364 e. The van der Waals surface area contributed by atoms with Crippen LogP contribution in [0.2, 0.25) is 0 Å². The molecule has 4 N–H and O–H groups in total. The summed E-state index contributed by atoms with van der Waals surface area (Å²) < 4.78 is 1.47. The van der Waals surface area contributed by atoms with Gasteiger partial charge in [-0.3, -0.25) is 9.79 Å². The highest BCUT2D eigenvalue weighted by Crippen LogP contribution is 2.27. The van der Waals surface area contributed by atoms with Gasteiger partial charge in [0.05, 0.1) is 5.69 Å². The molecule has 0 radical (unpaired) electrons.